The van der Waals surface area contributed by atoms with Crippen molar-refractivity contribution in [3.8, 4) is 11.5 Å². The molecule has 0 aliphatic heterocycles. The third-order valence-electron chi connectivity index (χ3n) is 2.73. The van der Waals surface area contributed by atoms with Crippen LogP contribution < -0.4 is 11.1 Å². The molecule has 0 fully saturated rings. The zero-order valence-electron chi connectivity index (χ0n) is 11.4. The highest BCUT2D eigenvalue weighted by Crippen LogP contribution is 2.28. The van der Waals surface area contributed by atoms with Crippen LogP contribution in [0.1, 0.15) is 22.5 Å². The van der Waals surface area contributed by atoms with E-state index in [9.17, 15) is 4.79 Å². The van der Waals surface area contributed by atoms with Crippen LogP contribution in [0.25, 0.3) is 11.5 Å². The molecular formula is C13H17N3O3S. The van der Waals surface area contributed by atoms with Gasteiger partial charge >= 0.3 is 0 Å². The van der Waals surface area contributed by atoms with Gasteiger partial charge < -0.3 is 20.0 Å². The summed E-state index contributed by atoms with van der Waals surface area (Å²) in [5.41, 5.74) is 6.24. The summed E-state index contributed by atoms with van der Waals surface area (Å²) in [6.07, 6.45) is 2.92. The van der Waals surface area contributed by atoms with Gasteiger partial charge in [-0.25, -0.2) is 0 Å². The number of anilines is 1. The van der Waals surface area contributed by atoms with Gasteiger partial charge in [-0.05, 0) is 37.5 Å². The first-order valence-electron chi connectivity index (χ1n) is 6.22. The first-order chi connectivity index (χ1) is 9.63. The van der Waals surface area contributed by atoms with Crippen LogP contribution in [0.4, 0.5) is 5.88 Å². The molecule has 108 valence electrons. The van der Waals surface area contributed by atoms with Crippen LogP contribution in [-0.2, 0) is 0 Å². The summed E-state index contributed by atoms with van der Waals surface area (Å²) in [4.78, 5) is 12.2. The standard InChI is InChI=1S/C13H17N3O3S/c1-8-4-5-9(18-8)11-10(12(14)19-16-11)13(17)15-6-3-7-20-2/h4-5H,3,6-7,14H2,1-2H3,(H,15,17). The smallest absolute Gasteiger partial charge is 0.259 e. The quantitative estimate of drug-likeness (QED) is 0.794. The van der Waals surface area contributed by atoms with Crippen molar-refractivity contribution in [2.24, 2.45) is 0 Å². The second kappa shape index (κ2) is 6.51. The van der Waals surface area contributed by atoms with Crippen LogP contribution in [0, 0.1) is 6.92 Å². The molecule has 0 aliphatic rings. The molecule has 3 N–H and O–H groups in total. The number of aromatic nitrogens is 1. The molecule has 0 saturated heterocycles. The molecule has 6 nitrogen and oxygen atoms in total. The lowest BCUT2D eigenvalue weighted by atomic mass is 10.2. The minimum absolute atomic E-state index is 0.00332. The summed E-state index contributed by atoms with van der Waals surface area (Å²) in [7, 11) is 0. The van der Waals surface area contributed by atoms with E-state index in [-0.39, 0.29) is 17.4 Å². The molecule has 2 aromatic rings. The Bertz CT molecular complexity index is 591. The second-order valence-corrected chi connectivity index (χ2v) is 5.27. The summed E-state index contributed by atoms with van der Waals surface area (Å²) in [6.45, 7) is 2.40. The van der Waals surface area contributed by atoms with Gasteiger partial charge in [0, 0.05) is 6.54 Å². The number of rotatable bonds is 6. The number of carbonyl (C=O) groups is 1. The largest absolute Gasteiger partial charge is 0.460 e. The van der Waals surface area contributed by atoms with Crippen molar-refractivity contribution < 1.29 is 13.7 Å². The lowest BCUT2D eigenvalue weighted by molar-refractivity contribution is 0.0954. The van der Waals surface area contributed by atoms with Gasteiger partial charge in [0.2, 0.25) is 5.88 Å². The Kier molecular flexibility index (Phi) is 4.73. The number of nitrogens with two attached hydrogens (primary N) is 1. The molecule has 0 atom stereocenters. The Morgan fingerprint density at radius 2 is 2.30 bits per heavy atom. The van der Waals surface area contributed by atoms with Gasteiger partial charge in [-0.3, -0.25) is 4.79 Å². The zero-order chi connectivity index (χ0) is 14.5. The number of nitrogen functional groups attached to an aromatic ring is 1. The van der Waals surface area contributed by atoms with Crippen molar-refractivity contribution in [3.05, 3.63) is 23.5 Å². The van der Waals surface area contributed by atoms with Crippen molar-refractivity contribution >= 4 is 23.6 Å². The van der Waals surface area contributed by atoms with Gasteiger partial charge in [0.25, 0.3) is 5.91 Å². The molecule has 0 aliphatic carbocycles. The summed E-state index contributed by atoms with van der Waals surface area (Å²) >= 11 is 1.73. The zero-order valence-corrected chi connectivity index (χ0v) is 12.3. The Balaban J connectivity index is 2.15. The highest BCUT2D eigenvalue weighted by Gasteiger charge is 2.24. The maximum absolute atomic E-state index is 12.2. The first kappa shape index (κ1) is 14.5. The number of carbonyl (C=O) groups excluding carboxylic acids is 1. The Labute approximate surface area is 121 Å². The normalized spacial score (nSPS) is 10.7. The molecule has 0 aromatic carbocycles. The lowest BCUT2D eigenvalue weighted by Crippen LogP contribution is -2.25. The fourth-order valence-corrected chi connectivity index (χ4v) is 2.19. The van der Waals surface area contributed by atoms with Crippen LogP contribution in [0.3, 0.4) is 0 Å². The van der Waals surface area contributed by atoms with Crippen LogP contribution in [-0.4, -0.2) is 29.6 Å². The number of furan rings is 1. The highest BCUT2D eigenvalue weighted by molar-refractivity contribution is 7.98. The monoisotopic (exact) mass is 295 g/mol. The van der Waals surface area contributed by atoms with Crippen molar-refractivity contribution in [1.29, 1.82) is 0 Å². The van der Waals surface area contributed by atoms with Crippen LogP contribution in [0.5, 0.6) is 0 Å². The van der Waals surface area contributed by atoms with E-state index in [1.165, 1.54) is 0 Å². The fraction of sp³-hybridized carbons (Fsp3) is 0.385. The van der Waals surface area contributed by atoms with E-state index in [4.69, 9.17) is 14.7 Å². The Morgan fingerprint density at radius 3 is 2.95 bits per heavy atom. The van der Waals surface area contributed by atoms with E-state index in [1.807, 2.05) is 13.2 Å². The molecule has 0 bridgehead atoms. The van der Waals surface area contributed by atoms with Crippen molar-refractivity contribution in [2.45, 2.75) is 13.3 Å². The predicted octanol–water partition coefficient (Wildman–Crippen LogP) is 2.31. The summed E-state index contributed by atoms with van der Waals surface area (Å²) in [6, 6.07) is 3.53. The van der Waals surface area contributed by atoms with Crippen LogP contribution in [0.15, 0.2) is 21.1 Å². The molecule has 7 heteroatoms. The van der Waals surface area contributed by atoms with Gasteiger partial charge in [-0.1, -0.05) is 5.16 Å². The van der Waals surface area contributed by atoms with Crippen LogP contribution >= 0.6 is 11.8 Å². The molecule has 0 spiro atoms. The van der Waals surface area contributed by atoms with Crippen molar-refractivity contribution in [2.75, 3.05) is 24.3 Å². The number of thioether (sulfide) groups is 1. The third kappa shape index (κ3) is 3.16. The molecule has 0 radical (unpaired) electrons. The van der Waals surface area contributed by atoms with Gasteiger partial charge in [0.1, 0.15) is 11.3 Å². The Hall–Kier alpha value is -1.89. The van der Waals surface area contributed by atoms with Gasteiger partial charge in [-0.15, -0.1) is 0 Å². The SMILES string of the molecule is CSCCCNC(=O)c1c(-c2ccc(C)o2)noc1N. The average Bonchev–Trinajstić information content (AvgIpc) is 3.00. The van der Waals surface area contributed by atoms with E-state index in [2.05, 4.69) is 10.5 Å². The summed E-state index contributed by atoms with van der Waals surface area (Å²) in [5.74, 6) is 1.89. The molecule has 0 unspecified atom stereocenters. The summed E-state index contributed by atoms with van der Waals surface area (Å²) < 4.78 is 10.4. The molecule has 2 rings (SSSR count). The van der Waals surface area contributed by atoms with E-state index in [0.717, 1.165) is 17.9 Å². The summed E-state index contributed by atoms with van der Waals surface area (Å²) in [5, 5.41) is 6.61. The topological polar surface area (TPSA) is 94.3 Å². The van der Waals surface area contributed by atoms with Crippen molar-refractivity contribution in [1.82, 2.24) is 10.5 Å². The van der Waals surface area contributed by atoms with Gasteiger partial charge in [0.15, 0.2) is 11.5 Å². The predicted molar refractivity (Wildman–Crippen MR) is 78.7 cm³/mol. The third-order valence-corrected chi connectivity index (χ3v) is 3.43. The number of amides is 1. The maximum Gasteiger partial charge on any atom is 0.259 e. The first-order valence-corrected chi connectivity index (χ1v) is 7.62. The molecule has 20 heavy (non-hydrogen) atoms. The molecule has 1 amide bonds. The fourth-order valence-electron chi connectivity index (χ4n) is 1.76. The van der Waals surface area contributed by atoms with E-state index in [1.54, 1.807) is 23.9 Å². The molecule has 2 aromatic heterocycles. The van der Waals surface area contributed by atoms with Gasteiger partial charge in [0.05, 0.1) is 0 Å². The van der Waals surface area contributed by atoms with E-state index in [0.29, 0.717) is 18.0 Å². The minimum atomic E-state index is -0.297. The Morgan fingerprint density at radius 1 is 1.50 bits per heavy atom. The maximum atomic E-state index is 12.2. The van der Waals surface area contributed by atoms with E-state index < -0.39 is 0 Å². The number of nitrogens with zero attached hydrogens (tertiary/aromatic N) is 1. The average molecular weight is 295 g/mol. The molecular weight excluding hydrogens is 278 g/mol. The molecule has 0 saturated carbocycles. The second-order valence-electron chi connectivity index (χ2n) is 4.28. The van der Waals surface area contributed by atoms with Gasteiger partial charge in [-0.2, -0.15) is 11.8 Å². The lowest BCUT2D eigenvalue weighted by Gasteiger charge is -2.04. The number of nitrogens with one attached hydrogen (secondary N) is 1. The number of hydrogen-bond donors (Lipinski definition) is 2. The highest BCUT2D eigenvalue weighted by atomic mass is 32.2. The number of aryl methyl sites for hydroxylation is 1. The van der Waals surface area contributed by atoms with E-state index >= 15 is 0 Å². The van der Waals surface area contributed by atoms with Crippen molar-refractivity contribution in [3.63, 3.8) is 0 Å². The van der Waals surface area contributed by atoms with Crippen LogP contribution in [0.2, 0.25) is 0 Å². The molecule has 2 heterocycles. The minimum Gasteiger partial charge on any atom is -0.460 e. The number of hydrogen-bond acceptors (Lipinski definition) is 6.